The van der Waals surface area contributed by atoms with Gasteiger partial charge in [-0.15, -0.1) is 11.3 Å². The maximum atomic E-state index is 12.7. The second-order valence-electron chi connectivity index (χ2n) is 5.22. The number of hydrogen-bond donors (Lipinski definition) is 4. The normalized spacial score (nSPS) is 20.0. The van der Waals surface area contributed by atoms with Crippen molar-refractivity contribution in [2.24, 2.45) is 0 Å². The smallest absolute Gasteiger partial charge is 0.230 e. The summed E-state index contributed by atoms with van der Waals surface area (Å²) in [5.41, 5.74) is 3.29. The van der Waals surface area contributed by atoms with Gasteiger partial charge in [-0.05, 0) is 36.1 Å². The Hall–Kier alpha value is -2.74. The van der Waals surface area contributed by atoms with Crippen LogP contribution in [0.15, 0.2) is 59.7 Å². The first kappa shape index (κ1) is 8.73. The molecule has 0 aliphatic carbocycles. The number of benzene rings is 2. The topological polar surface area (TPSA) is 100 Å². The first-order valence-electron chi connectivity index (χ1n) is 14.9. The molecule has 1 aromatic heterocycles. The Kier molecular flexibility index (Phi) is 3.11. The predicted octanol–water partition coefficient (Wildman–Crippen LogP) is 2.77. The lowest BCUT2D eigenvalue weighted by Gasteiger charge is -2.12. The summed E-state index contributed by atoms with van der Waals surface area (Å²) in [6.07, 6.45) is -5.45. The summed E-state index contributed by atoms with van der Waals surface area (Å²) in [6, 6.07) is -6.50. The Bertz CT molecular complexity index is 1510. The fourth-order valence-corrected chi connectivity index (χ4v) is 2.33. The molecule has 0 aliphatic heterocycles. The highest BCUT2D eigenvalue weighted by Gasteiger charge is 2.08. The van der Waals surface area contributed by atoms with Crippen molar-refractivity contribution in [1.29, 1.82) is 0 Å². The highest BCUT2D eigenvalue weighted by atomic mass is 32.1. The molecule has 5 N–H and O–H groups in total. The molecule has 0 unspecified atom stereocenters. The number of aliphatic hydroxyl groups is 1. The maximum absolute atomic E-state index is 12.7. The monoisotopic (exact) mass is 410 g/mol. The van der Waals surface area contributed by atoms with Gasteiger partial charge in [0.1, 0.15) is 0 Å². The van der Waals surface area contributed by atoms with Crippen molar-refractivity contribution in [3.05, 3.63) is 76.6 Å². The minimum absolute atomic E-state index is 0.163. The van der Waals surface area contributed by atoms with Crippen LogP contribution in [0.25, 0.3) is 0 Å². The molecule has 28 heavy (non-hydrogen) atoms. The van der Waals surface area contributed by atoms with Gasteiger partial charge in [0, 0.05) is 23.1 Å². The minimum Gasteiger partial charge on any atom is -0.387 e. The van der Waals surface area contributed by atoms with Gasteiger partial charge in [-0.2, -0.15) is 0 Å². The van der Waals surface area contributed by atoms with E-state index in [1.807, 2.05) is 5.32 Å². The maximum Gasteiger partial charge on any atom is 0.230 e. The van der Waals surface area contributed by atoms with Gasteiger partial charge in [-0.1, -0.05) is 42.3 Å². The summed E-state index contributed by atoms with van der Waals surface area (Å²) in [6.45, 7) is -3.15. The molecule has 3 rings (SSSR count). The lowest BCUT2D eigenvalue weighted by atomic mass is 10.1. The molecule has 6 nitrogen and oxygen atoms in total. The van der Waals surface area contributed by atoms with Crippen molar-refractivity contribution in [3.63, 3.8) is 0 Å². The van der Waals surface area contributed by atoms with Gasteiger partial charge in [0.05, 0.1) is 31.9 Å². The molecule has 1 amide bonds. The number of hydrogen-bond acceptors (Lipinski definition) is 6. The van der Waals surface area contributed by atoms with E-state index in [4.69, 9.17) is 24.9 Å². The van der Waals surface area contributed by atoms with E-state index in [2.05, 4.69) is 10.3 Å². The molecule has 1 atom stereocenters. The molecule has 0 saturated carbocycles. The van der Waals surface area contributed by atoms with Crippen LogP contribution in [-0.2, 0) is 17.6 Å². The zero-order valence-corrected chi connectivity index (χ0v) is 15.1. The van der Waals surface area contributed by atoms with Crippen LogP contribution in [0.2, 0.25) is 0 Å². The number of rotatable bonds is 9. The van der Waals surface area contributed by atoms with E-state index < -0.39 is 120 Å². The third kappa shape index (κ3) is 6.16. The lowest BCUT2D eigenvalue weighted by Crippen LogP contribution is -2.23. The van der Waals surface area contributed by atoms with Gasteiger partial charge in [0.15, 0.2) is 5.13 Å². The summed E-state index contributed by atoms with van der Waals surface area (Å²) in [5.74, 6) is -1.44. The third-order valence-corrected chi connectivity index (χ3v) is 3.76. The highest BCUT2D eigenvalue weighted by molar-refractivity contribution is 7.13. The van der Waals surface area contributed by atoms with E-state index >= 15 is 0 Å². The quantitative estimate of drug-likeness (QED) is 0.435. The number of nitrogens with one attached hydrogen (secondary N) is 2. The first-order valence-corrected chi connectivity index (χ1v) is 8.68. The number of carbonyl (C=O) groups excluding carboxylic acids is 1. The molecule has 0 aliphatic rings. The Morgan fingerprint density at radius 2 is 2.00 bits per heavy atom. The average molecular weight is 411 g/mol. The van der Waals surface area contributed by atoms with E-state index in [-0.39, 0.29) is 5.13 Å². The van der Waals surface area contributed by atoms with E-state index in [0.717, 1.165) is 0 Å². The Balaban J connectivity index is 1.85. The summed E-state index contributed by atoms with van der Waals surface area (Å²) < 4.78 is 112. The molecule has 0 fully saturated rings. The minimum atomic E-state index is -2.92. The van der Waals surface area contributed by atoms with Crippen LogP contribution < -0.4 is 16.4 Å². The Morgan fingerprint density at radius 3 is 2.68 bits per heavy atom. The summed E-state index contributed by atoms with van der Waals surface area (Å²) in [7, 11) is 0. The van der Waals surface area contributed by atoms with E-state index in [1.165, 1.54) is 0 Å². The third-order valence-electron chi connectivity index (χ3n) is 3.16. The van der Waals surface area contributed by atoms with Gasteiger partial charge in [-0.25, -0.2) is 4.98 Å². The van der Waals surface area contributed by atoms with Crippen molar-refractivity contribution in [2.45, 2.75) is 18.9 Å². The van der Waals surface area contributed by atoms with Crippen molar-refractivity contribution in [1.82, 2.24) is 10.3 Å². The predicted molar refractivity (Wildman–Crippen MR) is 113 cm³/mol. The first-order chi connectivity index (χ1) is 19.2. The second-order valence-corrected chi connectivity index (χ2v) is 6.05. The number of nitrogen functional groups attached to an aromatic ring is 1. The number of amides is 1. The lowest BCUT2D eigenvalue weighted by molar-refractivity contribution is -0.115. The van der Waals surface area contributed by atoms with Crippen LogP contribution in [0.1, 0.15) is 42.1 Å². The van der Waals surface area contributed by atoms with Crippen LogP contribution in [0.3, 0.4) is 0 Å². The van der Waals surface area contributed by atoms with E-state index in [0.29, 0.717) is 11.3 Å². The number of aromatic nitrogens is 1. The molecule has 0 spiro atoms. The summed E-state index contributed by atoms with van der Waals surface area (Å²) in [5, 5.41) is 14.2. The van der Waals surface area contributed by atoms with Crippen LogP contribution in [-0.4, -0.2) is 29.0 Å². The molecular weight excluding hydrogens is 372 g/mol. The molecule has 3 aromatic rings. The molecular formula is C21H24N4O2S. The molecule has 1 heterocycles. The van der Waals surface area contributed by atoms with Gasteiger partial charge >= 0.3 is 0 Å². The number of aliphatic hydroxyl groups excluding tert-OH is 1. The summed E-state index contributed by atoms with van der Waals surface area (Å²) in [4.78, 5) is 16.4. The van der Waals surface area contributed by atoms with Crippen LogP contribution >= 0.6 is 11.3 Å². The molecule has 0 radical (unpaired) electrons. The van der Waals surface area contributed by atoms with E-state index in [9.17, 15) is 9.90 Å². The second kappa shape index (κ2) is 9.98. The molecule has 0 saturated heterocycles. The van der Waals surface area contributed by atoms with Gasteiger partial charge in [0.25, 0.3) is 0 Å². The van der Waals surface area contributed by atoms with Gasteiger partial charge in [0.2, 0.25) is 5.91 Å². The highest BCUT2D eigenvalue weighted by Crippen LogP contribution is 2.14. The van der Waals surface area contributed by atoms with Crippen LogP contribution in [0, 0.1) is 0 Å². The number of nitrogens with zero attached hydrogens (tertiary/aromatic N) is 1. The zero-order chi connectivity index (χ0) is 32.1. The van der Waals surface area contributed by atoms with Crippen LogP contribution in [0.5, 0.6) is 0 Å². The molecule has 146 valence electrons. The average Bonchev–Trinajstić information content (AvgIpc) is 3.27. The zero-order valence-electron chi connectivity index (χ0n) is 28.3. The molecule has 7 heteroatoms. The van der Waals surface area contributed by atoms with Crippen molar-refractivity contribution in [3.8, 4) is 0 Å². The Morgan fingerprint density at radius 1 is 1.25 bits per heavy atom. The standard InChI is InChI=1S/C21H24N4O2S/c22-21-25-18(14-28-21)12-20(27)24-17-8-6-15(7-9-17)10-11-23-13-19(26)16-4-2-1-3-5-16/h1-9,14,19,23,26H,10-13H2,(H2,22,25)(H,24,27)/t19-/m1/s1/i1D,2D,3D,4D,5D,6D,7D,8D,9D,11D2,12D2,14D. The van der Waals surface area contributed by atoms with Crippen molar-refractivity contribution < 1.29 is 29.1 Å². The number of nitrogens with two attached hydrogens (primary N) is 1. The van der Waals surface area contributed by atoms with Crippen molar-refractivity contribution in [2.75, 3.05) is 24.1 Å². The number of anilines is 2. The molecule has 0 bridgehead atoms. The van der Waals surface area contributed by atoms with Gasteiger partial charge in [-0.3, -0.25) is 4.79 Å². The fourth-order valence-electron chi connectivity index (χ4n) is 1.90. The fraction of sp³-hybridized carbons (Fsp3) is 0.238. The van der Waals surface area contributed by atoms with E-state index in [1.54, 1.807) is 0 Å². The van der Waals surface area contributed by atoms with Crippen LogP contribution in [0.4, 0.5) is 10.8 Å². The largest absolute Gasteiger partial charge is 0.387 e. The van der Waals surface area contributed by atoms with Gasteiger partial charge < -0.3 is 21.5 Å². The number of thiazole rings is 1. The SMILES string of the molecule is [2H]c1sc(N)nc1C([2H])([2H])C(=O)Nc1c([2H])c([2H])c(CC([2H])([2H])NC[C@@H](O)c2c([2H])c([2H])c([2H])c([2H])c2[2H])c([2H])c1[2H]. The summed E-state index contributed by atoms with van der Waals surface area (Å²) >= 11 is 0.625. The Labute approximate surface area is 188 Å². The number of carbonyl (C=O) groups is 1. The van der Waals surface area contributed by atoms with Crippen molar-refractivity contribution >= 4 is 28.1 Å². The molecule has 2 aromatic carbocycles.